The van der Waals surface area contributed by atoms with Gasteiger partial charge in [0.1, 0.15) is 5.52 Å². The standard InChI is InChI=1S/C20H29N5O2.2ClH/c1-14(2)12-25-13-23-16-10-15(11-22-18(16)25)19(26)24-17-4-3-9-27-20(17)5-7-21-8-6-20;;/h10-11,13-14,17,21H,3-9,12H2,1-2H3,(H,24,26);2*1H. The Morgan fingerprint density at radius 3 is 2.83 bits per heavy atom. The lowest BCUT2D eigenvalue weighted by Gasteiger charge is -2.46. The first-order chi connectivity index (χ1) is 13.1. The van der Waals surface area contributed by atoms with E-state index < -0.39 is 0 Å². The van der Waals surface area contributed by atoms with Crippen LogP contribution in [0.3, 0.4) is 0 Å². The van der Waals surface area contributed by atoms with Gasteiger partial charge >= 0.3 is 0 Å². The molecule has 2 aliphatic rings. The molecule has 0 saturated carbocycles. The van der Waals surface area contributed by atoms with Crippen LogP contribution < -0.4 is 10.6 Å². The highest BCUT2D eigenvalue weighted by Crippen LogP contribution is 2.33. The second-order valence-electron chi connectivity index (χ2n) is 8.19. The van der Waals surface area contributed by atoms with Gasteiger partial charge in [-0.3, -0.25) is 4.79 Å². The summed E-state index contributed by atoms with van der Waals surface area (Å²) in [5.41, 5.74) is 1.93. The molecule has 0 radical (unpaired) electrons. The summed E-state index contributed by atoms with van der Waals surface area (Å²) < 4.78 is 8.22. The van der Waals surface area contributed by atoms with Gasteiger partial charge in [0.05, 0.1) is 23.5 Å². The highest BCUT2D eigenvalue weighted by atomic mass is 35.5. The third-order valence-electron chi connectivity index (χ3n) is 5.70. The molecule has 0 aliphatic carbocycles. The van der Waals surface area contributed by atoms with E-state index in [0.29, 0.717) is 11.5 Å². The molecular weight excluding hydrogens is 413 g/mol. The van der Waals surface area contributed by atoms with Crippen LogP contribution in [-0.4, -0.2) is 51.8 Å². The number of ether oxygens (including phenoxy) is 1. The first kappa shape index (κ1) is 23.9. The zero-order valence-corrected chi connectivity index (χ0v) is 18.7. The van der Waals surface area contributed by atoms with Gasteiger partial charge in [-0.15, -0.1) is 24.8 Å². The van der Waals surface area contributed by atoms with Gasteiger partial charge in [-0.05, 0) is 50.8 Å². The third kappa shape index (κ3) is 5.02. The minimum Gasteiger partial charge on any atom is -0.373 e. The number of amides is 1. The van der Waals surface area contributed by atoms with Gasteiger partial charge in [0.15, 0.2) is 5.65 Å². The Hall–Kier alpha value is -1.41. The van der Waals surface area contributed by atoms with Crippen LogP contribution in [0.5, 0.6) is 0 Å². The fraction of sp³-hybridized carbons (Fsp3) is 0.650. The quantitative estimate of drug-likeness (QED) is 0.758. The molecule has 2 N–H and O–H groups in total. The molecule has 2 aromatic heterocycles. The molecule has 2 aliphatic heterocycles. The third-order valence-corrected chi connectivity index (χ3v) is 5.70. The number of piperidine rings is 1. The van der Waals surface area contributed by atoms with Gasteiger partial charge in [-0.25, -0.2) is 9.97 Å². The van der Waals surface area contributed by atoms with Crippen LogP contribution in [0.15, 0.2) is 18.6 Å². The number of halogens is 2. The molecular formula is C20H31Cl2N5O2. The summed E-state index contributed by atoms with van der Waals surface area (Å²) in [7, 11) is 0. The van der Waals surface area contributed by atoms with E-state index in [1.807, 2.05) is 10.6 Å². The van der Waals surface area contributed by atoms with Crippen molar-refractivity contribution < 1.29 is 9.53 Å². The molecule has 2 fully saturated rings. The minimum atomic E-state index is -0.227. The Morgan fingerprint density at radius 2 is 2.10 bits per heavy atom. The highest BCUT2D eigenvalue weighted by molar-refractivity contribution is 5.96. The van der Waals surface area contributed by atoms with E-state index in [-0.39, 0.29) is 42.4 Å². The number of rotatable bonds is 4. The fourth-order valence-electron chi connectivity index (χ4n) is 4.31. The first-order valence-electron chi connectivity index (χ1n) is 10.0. The Labute approximate surface area is 184 Å². The molecule has 1 atom stereocenters. The number of carbonyl (C=O) groups is 1. The van der Waals surface area contributed by atoms with E-state index in [4.69, 9.17) is 4.74 Å². The van der Waals surface area contributed by atoms with Crippen molar-refractivity contribution >= 4 is 41.9 Å². The van der Waals surface area contributed by atoms with E-state index in [1.165, 1.54) is 0 Å². The SMILES string of the molecule is CC(C)Cn1cnc2cc(C(=O)NC3CCCOC34CCNCC4)cnc21.Cl.Cl. The Bertz CT molecular complexity index is 812. The largest absolute Gasteiger partial charge is 0.373 e. The van der Waals surface area contributed by atoms with Gasteiger partial charge < -0.3 is 19.9 Å². The van der Waals surface area contributed by atoms with Crippen LogP contribution in [-0.2, 0) is 11.3 Å². The van der Waals surface area contributed by atoms with Gasteiger partial charge in [0, 0.05) is 19.3 Å². The zero-order valence-electron chi connectivity index (χ0n) is 17.0. The molecule has 4 heterocycles. The molecule has 0 bridgehead atoms. The molecule has 1 spiro atoms. The zero-order chi connectivity index (χ0) is 18.9. The minimum absolute atomic E-state index is 0. The lowest BCUT2D eigenvalue weighted by molar-refractivity contribution is -0.114. The Balaban J connectivity index is 0.00000150. The number of imidazole rings is 1. The summed E-state index contributed by atoms with van der Waals surface area (Å²) in [6.07, 6.45) is 7.29. The number of aromatic nitrogens is 3. The molecule has 2 aromatic rings. The summed E-state index contributed by atoms with van der Waals surface area (Å²) in [6, 6.07) is 1.89. The van der Waals surface area contributed by atoms with E-state index in [2.05, 4.69) is 34.4 Å². The summed E-state index contributed by atoms with van der Waals surface area (Å²) in [4.78, 5) is 21.9. The molecule has 1 unspecified atom stereocenters. The van der Waals surface area contributed by atoms with Crippen molar-refractivity contribution in [1.82, 2.24) is 25.2 Å². The maximum atomic E-state index is 12.9. The number of carbonyl (C=O) groups excluding carboxylic acids is 1. The van der Waals surface area contributed by atoms with Crippen LogP contribution >= 0.6 is 24.8 Å². The second kappa shape index (κ2) is 10.1. The second-order valence-corrected chi connectivity index (χ2v) is 8.19. The van der Waals surface area contributed by atoms with Crippen LogP contribution in [0.1, 0.15) is 49.9 Å². The lowest BCUT2D eigenvalue weighted by atomic mass is 9.80. The van der Waals surface area contributed by atoms with Crippen molar-refractivity contribution in [3.63, 3.8) is 0 Å². The molecule has 4 rings (SSSR count). The predicted octanol–water partition coefficient (Wildman–Crippen LogP) is 2.96. The van der Waals surface area contributed by atoms with Crippen molar-refractivity contribution in [3.8, 4) is 0 Å². The summed E-state index contributed by atoms with van der Waals surface area (Å²) in [5.74, 6) is 0.427. The van der Waals surface area contributed by atoms with E-state index in [1.54, 1.807) is 12.5 Å². The molecule has 1 amide bonds. The normalized spacial score (nSPS) is 20.9. The number of pyridine rings is 1. The van der Waals surface area contributed by atoms with Crippen LogP contribution in [0, 0.1) is 5.92 Å². The Morgan fingerprint density at radius 1 is 1.34 bits per heavy atom. The van der Waals surface area contributed by atoms with E-state index >= 15 is 0 Å². The maximum Gasteiger partial charge on any atom is 0.253 e. The molecule has 9 heteroatoms. The highest BCUT2D eigenvalue weighted by Gasteiger charge is 2.43. The molecule has 0 aromatic carbocycles. The summed E-state index contributed by atoms with van der Waals surface area (Å²) in [6.45, 7) is 7.85. The molecule has 7 nitrogen and oxygen atoms in total. The topological polar surface area (TPSA) is 81.1 Å². The smallest absolute Gasteiger partial charge is 0.253 e. The average molecular weight is 444 g/mol. The number of fused-ring (bicyclic) bond motifs is 1. The molecule has 29 heavy (non-hydrogen) atoms. The van der Waals surface area contributed by atoms with Crippen molar-refractivity contribution in [2.24, 2.45) is 5.92 Å². The maximum absolute atomic E-state index is 12.9. The molecule has 162 valence electrons. The number of hydrogen-bond acceptors (Lipinski definition) is 5. The fourth-order valence-corrected chi connectivity index (χ4v) is 4.31. The summed E-state index contributed by atoms with van der Waals surface area (Å²) >= 11 is 0. The van der Waals surface area contributed by atoms with Gasteiger partial charge in [0.25, 0.3) is 5.91 Å². The number of nitrogens with zero attached hydrogens (tertiary/aromatic N) is 3. The van der Waals surface area contributed by atoms with E-state index in [9.17, 15) is 4.79 Å². The van der Waals surface area contributed by atoms with Crippen LogP contribution in [0.2, 0.25) is 0 Å². The van der Waals surface area contributed by atoms with Gasteiger partial charge in [-0.2, -0.15) is 0 Å². The first-order valence-corrected chi connectivity index (χ1v) is 10.0. The average Bonchev–Trinajstić information content (AvgIpc) is 3.06. The number of nitrogens with one attached hydrogen (secondary N) is 2. The van der Waals surface area contributed by atoms with Crippen LogP contribution in [0.25, 0.3) is 11.2 Å². The Kier molecular flexibility index (Phi) is 8.28. The van der Waals surface area contributed by atoms with Crippen molar-refractivity contribution in [3.05, 3.63) is 24.2 Å². The van der Waals surface area contributed by atoms with E-state index in [0.717, 1.165) is 63.1 Å². The predicted molar refractivity (Wildman–Crippen MR) is 118 cm³/mol. The van der Waals surface area contributed by atoms with Crippen molar-refractivity contribution in [2.45, 2.75) is 57.7 Å². The molecule has 2 saturated heterocycles. The monoisotopic (exact) mass is 443 g/mol. The summed E-state index contributed by atoms with van der Waals surface area (Å²) in [5, 5.41) is 6.62. The van der Waals surface area contributed by atoms with Crippen molar-refractivity contribution in [1.29, 1.82) is 0 Å². The van der Waals surface area contributed by atoms with Crippen molar-refractivity contribution in [2.75, 3.05) is 19.7 Å². The van der Waals surface area contributed by atoms with Gasteiger partial charge in [-0.1, -0.05) is 13.8 Å². The van der Waals surface area contributed by atoms with Crippen LogP contribution in [0.4, 0.5) is 0 Å². The number of hydrogen-bond donors (Lipinski definition) is 2. The lowest BCUT2D eigenvalue weighted by Crippen LogP contribution is -2.60. The van der Waals surface area contributed by atoms with Gasteiger partial charge in [0.2, 0.25) is 0 Å².